The smallest absolute Gasteiger partial charge is 0.316 e. The first kappa shape index (κ1) is 19.3. The number of anilines is 1. The summed E-state index contributed by atoms with van der Waals surface area (Å²) in [6.45, 7) is 0.596. The Morgan fingerprint density at radius 3 is 2.04 bits per heavy atom. The van der Waals surface area contributed by atoms with Crippen LogP contribution in [0.4, 0.5) is 10.1 Å². The number of hydrogen-bond acceptors (Lipinski definition) is 2. The Bertz CT molecular complexity index is 912. The molecule has 0 atom stereocenters. The predicted octanol–water partition coefficient (Wildman–Crippen LogP) is 3.72. The highest BCUT2D eigenvalue weighted by Crippen LogP contribution is 2.17. The molecule has 0 bridgehead atoms. The lowest BCUT2D eigenvalue weighted by Crippen LogP contribution is -2.43. The third kappa shape index (κ3) is 5.27. The van der Waals surface area contributed by atoms with E-state index in [1.165, 1.54) is 17.0 Å². The van der Waals surface area contributed by atoms with Gasteiger partial charge in [0, 0.05) is 12.2 Å². The zero-order valence-corrected chi connectivity index (χ0v) is 15.3. The first-order valence-corrected chi connectivity index (χ1v) is 9.06. The molecule has 0 saturated heterocycles. The fourth-order valence-corrected chi connectivity index (χ4v) is 2.82. The number of nitrogens with one attached hydrogen (secondary N) is 1. The average molecular weight is 376 g/mol. The molecule has 0 aliphatic carbocycles. The second-order valence-electron chi connectivity index (χ2n) is 6.34. The Morgan fingerprint density at radius 1 is 0.786 bits per heavy atom. The largest absolute Gasteiger partial charge is 0.347 e. The number of carbonyl (C=O) groups excluding carboxylic acids is 2. The van der Waals surface area contributed by atoms with Crippen LogP contribution in [0, 0.1) is 5.82 Å². The summed E-state index contributed by atoms with van der Waals surface area (Å²) in [5.74, 6) is -1.58. The third-order valence-electron chi connectivity index (χ3n) is 4.30. The standard InChI is InChI=1S/C23H21FN2O2/c24-20-13-11-18(12-14-20)15-16-25-22(27)23(28)26(21-9-5-2-6-10-21)17-19-7-3-1-4-8-19/h1-14H,15-17H2,(H,25,27). The molecule has 2 amide bonds. The van der Waals surface area contributed by atoms with Crippen LogP contribution in [0.25, 0.3) is 0 Å². The van der Waals surface area contributed by atoms with Crippen LogP contribution in [0.5, 0.6) is 0 Å². The zero-order valence-electron chi connectivity index (χ0n) is 15.3. The van der Waals surface area contributed by atoms with E-state index in [-0.39, 0.29) is 5.82 Å². The summed E-state index contributed by atoms with van der Waals surface area (Å²) in [6.07, 6.45) is 0.517. The summed E-state index contributed by atoms with van der Waals surface area (Å²) in [6, 6.07) is 24.7. The molecule has 0 unspecified atom stereocenters. The van der Waals surface area contributed by atoms with Crippen molar-refractivity contribution in [1.29, 1.82) is 0 Å². The third-order valence-corrected chi connectivity index (χ3v) is 4.30. The van der Waals surface area contributed by atoms with E-state index in [9.17, 15) is 14.0 Å². The van der Waals surface area contributed by atoms with Crippen molar-refractivity contribution in [3.05, 3.63) is 102 Å². The van der Waals surface area contributed by atoms with Gasteiger partial charge in [0.25, 0.3) is 0 Å². The number of nitrogens with zero attached hydrogens (tertiary/aromatic N) is 1. The number of halogens is 1. The van der Waals surface area contributed by atoms with Crippen molar-refractivity contribution in [3.8, 4) is 0 Å². The van der Waals surface area contributed by atoms with Gasteiger partial charge in [0.1, 0.15) is 5.82 Å². The van der Waals surface area contributed by atoms with Crippen LogP contribution < -0.4 is 10.2 Å². The van der Waals surface area contributed by atoms with Gasteiger partial charge in [-0.1, -0.05) is 60.7 Å². The van der Waals surface area contributed by atoms with Gasteiger partial charge in [-0.15, -0.1) is 0 Å². The van der Waals surface area contributed by atoms with Crippen LogP contribution in [0.1, 0.15) is 11.1 Å². The Hall–Kier alpha value is -3.47. The molecule has 142 valence electrons. The molecule has 5 heteroatoms. The number of amides is 2. The lowest BCUT2D eigenvalue weighted by molar-refractivity contribution is -0.137. The van der Waals surface area contributed by atoms with Crippen LogP contribution in [0.2, 0.25) is 0 Å². The number of carbonyl (C=O) groups is 2. The van der Waals surface area contributed by atoms with Gasteiger partial charge >= 0.3 is 11.8 Å². The molecule has 0 aliphatic rings. The van der Waals surface area contributed by atoms with Crippen molar-refractivity contribution >= 4 is 17.5 Å². The van der Waals surface area contributed by atoms with Crippen LogP contribution in [-0.4, -0.2) is 18.4 Å². The molecule has 0 aliphatic heterocycles. The van der Waals surface area contributed by atoms with Crippen molar-refractivity contribution in [2.75, 3.05) is 11.4 Å². The van der Waals surface area contributed by atoms with Crippen LogP contribution >= 0.6 is 0 Å². The van der Waals surface area contributed by atoms with E-state index >= 15 is 0 Å². The number of para-hydroxylation sites is 1. The van der Waals surface area contributed by atoms with Gasteiger partial charge in [0.05, 0.1) is 6.54 Å². The maximum Gasteiger partial charge on any atom is 0.316 e. The molecular weight excluding hydrogens is 355 g/mol. The number of hydrogen-bond donors (Lipinski definition) is 1. The van der Waals surface area contributed by atoms with E-state index in [1.807, 2.05) is 48.5 Å². The highest BCUT2D eigenvalue weighted by atomic mass is 19.1. The Kier molecular flexibility index (Phi) is 6.52. The van der Waals surface area contributed by atoms with Gasteiger partial charge in [0.15, 0.2) is 0 Å². The SMILES string of the molecule is O=C(NCCc1ccc(F)cc1)C(=O)N(Cc1ccccc1)c1ccccc1. The quantitative estimate of drug-likeness (QED) is 0.667. The van der Waals surface area contributed by atoms with E-state index in [0.717, 1.165) is 11.1 Å². The lowest BCUT2D eigenvalue weighted by atomic mass is 10.1. The highest BCUT2D eigenvalue weighted by molar-refractivity contribution is 6.40. The average Bonchev–Trinajstić information content (AvgIpc) is 2.74. The summed E-state index contributed by atoms with van der Waals surface area (Å²) >= 11 is 0. The monoisotopic (exact) mass is 376 g/mol. The summed E-state index contributed by atoms with van der Waals surface area (Å²) < 4.78 is 13.0. The minimum absolute atomic E-state index is 0.296. The normalized spacial score (nSPS) is 10.3. The first-order valence-electron chi connectivity index (χ1n) is 9.06. The number of rotatable bonds is 6. The van der Waals surface area contributed by atoms with Crippen molar-refractivity contribution in [3.63, 3.8) is 0 Å². The van der Waals surface area contributed by atoms with Crippen LogP contribution in [0.15, 0.2) is 84.9 Å². The minimum atomic E-state index is -0.665. The van der Waals surface area contributed by atoms with Crippen LogP contribution in [0.3, 0.4) is 0 Å². The van der Waals surface area contributed by atoms with Crippen molar-refractivity contribution < 1.29 is 14.0 Å². The molecule has 0 aromatic heterocycles. The fourth-order valence-electron chi connectivity index (χ4n) is 2.82. The second-order valence-corrected chi connectivity index (χ2v) is 6.34. The van der Waals surface area contributed by atoms with E-state index in [4.69, 9.17) is 0 Å². The van der Waals surface area contributed by atoms with E-state index in [2.05, 4.69) is 5.32 Å². The molecule has 0 saturated carbocycles. The van der Waals surface area contributed by atoms with Gasteiger partial charge < -0.3 is 5.32 Å². The molecule has 28 heavy (non-hydrogen) atoms. The Balaban J connectivity index is 1.66. The van der Waals surface area contributed by atoms with E-state index < -0.39 is 11.8 Å². The van der Waals surface area contributed by atoms with E-state index in [0.29, 0.717) is 25.2 Å². The fraction of sp³-hybridized carbons (Fsp3) is 0.130. The van der Waals surface area contributed by atoms with Crippen molar-refractivity contribution in [2.45, 2.75) is 13.0 Å². The molecule has 0 spiro atoms. The Labute approximate surface area is 163 Å². The minimum Gasteiger partial charge on any atom is -0.347 e. The lowest BCUT2D eigenvalue weighted by Gasteiger charge is -2.22. The van der Waals surface area contributed by atoms with Gasteiger partial charge in [0.2, 0.25) is 0 Å². The summed E-state index contributed by atoms with van der Waals surface area (Å²) in [7, 11) is 0. The van der Waals surface area contributed by atoms with Gasteiger partial charge in [-0.3, -0.25) is 14.5 Å². The second kappa shape index (κ2) is 9.46. The highest BCUT2D eigenvalue weighted by Gasteiger charge is 2.23. The molecular formula is C23H21FN2O2. The predicted molar refractivity (Wildman–Crippen MR) is 107 cm³/mol. The molecule has 3 aromatic carbocycles. The molecule has 3 aromatic rings. The van der Waals surface area contributed by atoms with Crippen molar-refractivity contribution in [2.24, 2.45) is 0 Å². The molecule has 4 nitrogen and oxygen atoms in total. The molecule has 0 heterocycles. The maximum absolute atomic E-state index is 13.0. The van der Waals surface area contributed by atoms with Gasteiger partial charge in [-0.25, -0.2) is 4.39 Å². The zero-order chi connectivity index (χ0) is 19.8. The van der Waals surface area contributed by atoms with Gasteiger partial charge in [-0.2, -0.15) is 0 Å². The molecule has 1 N–H and O–H groups in total. The first-order chi connectivity index (χ1) is 13.6. The van der Waals surface area contributed by atoms with Gasteiger partial charge in [-0.05, 0) is 41.8 Å². The summed E-state index contributed by atoms with van der Waals surface area (Å²) in [4.78, 5) is 26.7. The molecule has 0 fully saturated rings. The topological polar surface area (TPSA) is 49.4 Å². The molecule has 3 rings (SSSR count). The van der Waals surface area contributed by atoms with E-state index in [1.54, 1.807) is 24.3 Å². The van der Waals surface area contributed by atoms with Crippen molar-refractivity contribution in [1.82, 2.24) is 5.32 Å². The van der Waals surface area contributed by atoms with Crippen LogP contribution in [-0.2, 0) is 22.6 Å². The Morgan fingerprint density at radius 2 is 1.39 bits per heavy atom. The maximum atomic E-state index is 13.0. The summed E-state index contributed by atoms with van der Waals surface area (Å²) in [5.41, 5.74) is 2.47. The number of benzene rings is 3. The molecule has 0 radical (unpaired) electrons. The summed E-state index contributed by atoms with van der Waals surface area (Å²) in [5, 5.41) is 2.66.